The first kappa shape index (κ1) is 14.3. The van der Waals surface area contributed by atoms with Gasteiger partial charge in [-0.2, -0.15) is 0 Å². The van der Waals surface area contributed by atoms with Crippen LogP contribution in [0.3, 0.4) is 0 Å². The summed E-state index contributed by atoms with van der Waals surface area (Å²) in [6.07, 6.45) is 2.10. The van der Waals surface area contributed by atoms with Crippen LogP contribution in [0.2, 0.25) is 0 Å². The Bertz CT molecular complexity index is 932. The summed E-state index contributed by atoms with van der Waals surface area (Å²) in [7, 11) is 0. The van der Waals surface area contributed by atoms with Crippen LogP contribution in [0.5, 0.6) is 0 Å². The molecule has 0 radical (unpaired) electrons. The molecule has 1 saturated carbocycles. The van der Waals surface area contributed by atoms with Gasteiger partial charge in [0.1, 0.15) is 6.04 Å². The molecule has 2 heterocycles. The third kappa shape index (κ3) is 2.33. The van der Waals surface area contributed by atoms with Crippen LogP contribution in [0, 0.1) is 0 Å². The van der Waals surface area contributed by atoms with Crippen molar-refractivity contribution in [1.29, 1.82) is 0 Å². The Morgan fingerprint density at radius 1 is 1.00 bits per heavy atom. The van der Waals surface area contributed by atoms with E-state index >= 15 is 0 Å². The second-order valence-electron chi connectivity index (χ2n) is 6.61. The molecule has 0 spiro atoms. The number of fused-ring (bicyclic) bond motifs is 1. The SMILES string of the molecule is O=C1c2ccccc2C(c2nnnn2Cc2ccccc2)N1C1CC1. The topological polar surface area (TPSA) is 63.9 Å². The lowest BCUT2D eigenvalue weighted by molar-refractivity contribution is 0.0727. The minimum Gasteiger partial charge on any atom is -0.321 e. The standard InChI is InChI=1S/C19H17N5O/c25-19-16-9-5-4-8-15(16)17(24(19)14-10-11-14)18-20-21-22-23(18)12-13-6-2-1-3-7-13/h1-9,14,17H,10-12H2. The van der Waals surface area contributed by atoms with Crippen molar-refractivity contribution in [2.75, 3.05) is 0 Å². The zero-order valence-corrected chi connectivity index (χ0v) is 13.6. The van der Waals surface area contributed by atoms with E-state index in [1.165, 1.54) is 0 Å². The summed E-state index contributed by atoms with van der Waals surface area (Å²) in [5, 5.41) is 12.4. The number of aromatic nitrogens is 4. The lowest BCUT2D eigenvalue weighted by Crippen LogP contribution is -2.32. The van der Waals surface area contributed by atoms with Gasteiger partial charge in [0.25, 0.3) is 5.91 Å². The van der Waals surface area contributed by atoms with E-state index in [9.17, 15) is 4.79 Å². The molecule has 1 unspecified atom stereocenters. The number of rotatable bonds is 4. The molecular weight excluding hydrogens is 314 g/mol. The van der Waals surface area contributed by atoms with Gasteiger partial charge in [0, 0.05) is 11.6 Å². The van der Waals surface area contributed by atoms with Crippen LogP contribution in [0.25, 0.3) is 0 Å². The fourth-order valence-corrected chi connectivity index (χ4v) is 3.61. The largest absolute Gasteiger partial charge is 0.321 e. The normalized spacial score (nSPS) is 19.3. The Labute approximate surface area is 145 Å². The monoisotopic (exact) mass is 331 g/mol. The van der Waals surface area contributed by atoms with Crippen molar-refractivity contribution in [2.45, 2.75) is 31.5 Å². The van der Waals surface area contributed by atoms with Crippen LogP contribution in [0.4, 0.5) is 0 Å². The average Bonchev–Trinajstić information content (AvgIpc) is 3.32. The number of hydrogen-bond acceptors (Lipinski definition) is 4. The minimum absolute atomic E-state index is 0.0948. The maximum atomic E-state index is 12.9. The second kappa shape index (κ2) is 5.51. The van der Waals surface area contributed by atoms with Crippen LogP contribution in [0.1, 0.15) is 46.2 Å². The number of hydrogen-bond donors (Lipinski definition) is 0. The van der Waals surface area contributed by atoms with Crippen LogP contribution in [-0.4, -0.2) is 37.1 Å². The fraction of sp³-hybridized carbons (Fsp3) is 0.263. The lowest BCUT2D eigenvalue weighted by atomic mass is 10.0. The fourth-order valence-electron chi connectivity index (χ4n) is 3.61. The van der Waals surface area contributed by atoms with Crippen molar-refractivity contribution in [3.63, 3.8) is 0 Å². The molecule has 2 aliphatic rings. The highest BCUT2D eigenvalue weighted by Gasteiger charge is 2.47. The van der Waals surface area contributed by atoms with E-state index < -0.39 is 0 Å². The first-order valence-corrected chi connectivity index (χ1v) is 8.54. The van der Waals surface area contributed by atoms with Crippen molar-refractivity contribution < 1.29 is 4.79 Å². The number of amides is 1. The smallest absolute Gasteiger partial charge is 0.255 e. The van der Waals surface area contributed by atoms with E-state index in [-0.39, 0.29) is 11.9 Å². The Morgan fingerprint density at radius 2 is 1.76 bits per heavy atom. The van der Waals surface area contributed by atoms with E-state index in [0.717, 1.165) is 35.4 Å². The Kier molecular flexibility index (Phi) is 3.16. The minimum atomic E-state index is -0.199. The van der Waals surface area contributed by atoms with Gasteiger partial charge in [0.2, 0.25) is 0 Å². The van der Waals surface area contributed by atoms with E-state index in [2.05, 4.69) is 27.7 Å². The Hall–Kier alpha value is -3.02. The predicted octanol–water partition coefficient (Wildman–Crippen LogP) is 2.43. The molecule has 1 aromatic heterocycles. The Morgan fingerprint density at radius 3 is 2.56 bits per heavy atom. The van der Waals surface area contributed by atoms with E-state index in [0.29, 0.717) is 12.6 Å². The first-order valence-electron chi connectivity index (χ1n) is 8.54. The highest BCUT2D eigenvalue weighted by molar-refractivity contribution is 6.00. The number of tetrazole rings is 1. The van der Waals surface area contributed by atoms with Crippen molar-refractivity contribution >= 4 is 5.91 Å². The van der Waals surface area contributed by atoms with Gasteiger partial charge >= 0.3 is 0 Å². The molecule has 0 bridgehead atoms. The molecule has 5 rings (SSSR count). The molecule has 0 saturated heterocycles. The van der Waals surface area contributed by atoms with Crippen molar-refractivity contribution in [2.24, 2.45) is 0 Å². The number of nitrogens with zero attached hydrogens (tertiary/aromatic N) is 5. The zero-order chi connectivity index (χ0) is 16.8. The molecule has 124 valence electrons. The van der Waals surface area contributed by atoms with Crippen LogP contribution >= 0.6 is 0 Å². The highest BCUT2D eigenvalue weighted by Crippen LogP contribution is 2.44. The molecular formula is C19H17N5O. The first-order chi connectivity index (χ1) is 12.3. The van der Waals surface area contributed by atoms with Gasteiger partial charge < -0.3 is 4.90 Å². The molecule has 6 heteroatoms. The van der Waals surface area contributed by atoms with Crippen molar-refractivity contribution in [1.82, 2.24) is 25.1 Å². The number of carbonyl (C=O) groups excluding carboxylic acids is 1. The molecule has 25 heavy (non-hydrogen) atoms. The van der Waals surface area contributed by atoms with Gasteiger partial charge in [0.15, 0.2) is 5.82 Å². The molecule has 1 fully saturated rings. The van der Waals surface area contributed by atoms with Gasteiger partial charge in [-0.05, 0) is 40.5 Å². The van der Waals surface area contributed by atoms with Gasteiger partial charge in [-0.15, -0.1) is 5.10 Å². The maximum absolute atomic E-state index is 12.9. The van der Waals surface area contributed by atoms with Crippen LogP contribution in [-0.2, 0) is 6.54 Å². The number of benzene rings is 2. The van der Waals surface area contributed by atoms with E-state index in [4.69, 9.17) is 0 Å². The molecule has 0 N–H and O–H groups in total. The third-order valence-electron chi connectivity index (χ3n) is 4.92. The van der Waals surface area contributed by atoms with Gasteiger partial charge in [-0.25, -0.2) is 4.68 Å². The summed E-state index contributed by atoms with van der Waals surface area (Å²) in [6.45, 7) is 0.592. The lowest BCUT2D eigenvalue weighted by Gasteiger charge is -2.24. The third-order valence-corrected chi connectivity index (χ3v) is 4.92. The van der Waals surface area contributed by atoms with Crippen LogP contribution in [0.15, 0.2) is 54.6 Å². The number of carbonyl (C=O) groups is 1. The van der Waals surface area contributed by atoms with Gasteiger partial charge in [0.05, 0.1) is 6.54 Å². The van der Waals surface area contributed by atoms with E-state index in [1.807, 2.05) is 52.0 Å². The zero-order valence-electron chi connectivity index (χ0n) is 13.6. The van der Waals surface area contributed by atoms with E-state index in [1.54, 1.807) is 0 Å². The maximum Gasteiger partial charge on any atom is 0.255 e. The molecule has 2 aromatic carbocycles. The average molecular weight is 331 g/mol. The summed E-state index contributed by atoms with van der Waals surface area (Å²) < 4.78 is 1.81. The predicted molar refractivity (Wildman–Crippen MR) is 90.8 cm³/mol. The summed E-state index contributed by atoms with van der Waals surface area (Å²) in [4.78, 5) is 14.9. The van der Waals surface area contributed by atoms with Crippen molar-refractivity contribution in [3.05, 3.63) is 77.1 Å². The second-order valence-corrected chi connectivity index (χ2v) is 6.61. The van der Waals surface area contributed by atoms with Gasteiger partial charge in [-0.1, -0.05) is 48.5 Å². The summed E-state index contributed by atoms with van der Waals surface area (Å²) in [6, 6.07) is 18.0. The molecule has 6 nitrogen and oxygen atoms in total. The summed E-state index contributed by atoms with van der Waals surface area (Å²) in [5.74, 6) is 0.825. The highest BCUT2D eigenvalue weighted by atomic mass is 16.2. The molecule has 3 aromatic rings. The quantitative estimate of drug-likeness (QED) is 0.736. The van der Waals surface area contributed by atoms with Gasteiger partial charge in [-0.3, -0.25) is 4.79 Å². The van der Waals surface area contributed by atoms with Crippen LogP contribution < -0.4 is 0 Å². The molecule has 1 aliphatic heterocycles. The summed E-state index contributed by atoms with van der Waals surface area (Å²) in [5.41, 5.74) is 2.91. The molecule has 1 amide bonds. The molecule has 1 aliphatic carbocycles. The molecule has 1 atom stereocenters. The summed E-state index contributed by atoms with van der Waals surface area (Å²) >= 11 is 0. The Balaban J connectivity index is 1.58. The van der Waals surface area contributed by atoms with Crippen molar-refractivity contribution in [3.8, 4) is 0 Å².